The second-order valence-electron chi connectivity index (χ2n) is 4.63. The zero-order chi connectivity index (χ0) is 12.5. The van der Waals surface area contributed by atoms with Crippen molar-refractivity contribution in [3.8, 4) is 0 Å². The molecule has 1 unspecified atom stereocenters. The Balaban J connectivity index is 2.40. The van der Waals surface area contributed by atoms with Gasteiger partial charge < -0.3 is 9.47 Å². The Labute approximate surface area is 101 Å². The van der Waals surface area contributed by atoms with Gasteiger partial charge in [0.2, 0.25) is 0 Å². The van der Waals surface area contributed by atoms with Crippen LogP contribution in [0.25, 0.3) is 0 Å². The fraction of sp³-hybridized carbons (Fsp3) is 0.357. The lowest BCUT2D eigenvalue weighted by molar-refractivity contribution is -0.136. The lowest BCUT2D eigenvalue weighted by Crippen LogP contribution is -2.29. The highest BCUT2D eigenvalue weighted by molar-refractivity contribution is 5.90. The molecule has 1 atom stereocenters. The number of carbonyl (C=O) groups is 1. The lowest BCUT2D eigenvalue weighted by Gasteiger charge is -2.27. The van der Waals surface area contributed by atoms with Crippen LogP contribution in [0, 0.1) is 0 Å². The average Bonchev–Trinajstić information content (AvgIpc) is 2.65. The number of benzene rings is 1. The van der Waals surface area contributed by atoms with Gasteiger partial charge in [0.05, 0.1) is 24.9 Å². The summed E-state index contributed by atoms with van der Waals surface area (Å²) in [5.41, 5.74) is 1.21. The highest BCUT2D eigenvalue weighted by Crippen LogP contribution is 2.42. The molecule has 0 spiro atoms. The summed E-state index contributed by atoms with van der Waals surface area (Å²) in [5, 5.41) is 0. The van der Waals surface area contributed by atoms with E-state index in [-0.39, 0.29) is 11.9 Å². The Morgan fingerprint density at radius 2 is 1.94 bits per heavy atom. The normalized spacial score (nSPS) is 21.6. The minimum absolute atomic E-state index is 0.0869. The molecule has 0 fully saturated rings. The van der Waals surface area contributed by atoms with Gasteiger partial charge in [-0.05, 0) is 19.4 Å². The van der Waals surface area contributed by atoms with Crippen molar-refractivity contribution in [2.45, 2.75) is 25.4 Å². The van der Waals surface area contributed by atoms with E-state index in [1.54, 1.807) is 0 Å². The summed E-state index contributed by atoms with van der Waals surface area (Å²) in [6, 6.07) is 9.86. The quantitative estimate of drug-likeness (QED) is 0.735. The Morgan fingerprint density at radius 3 is 2.53 bits per heavy atom. The van der Waals surface area contributed by atoms with E-state index in [1.807, 2.05) is 44.2 Å². The van der Waals surface area contributed by atoms with Crippen molar-refractivity contribution in [2.75, 3.05) is 7.11 Å². The molecule has 1 heterocycles. The maximum atomic E-state index is 11.7. The Morgan fingerprint density at radius 1 is 1.29 bits per heavy atom. The van der Waals surface area contributed by atoms with Gasteiger partial charge in [0.15, 0.2) is 0 Å². The second kappa shape index (κ2) is 4.24. The van der Waals surface area contributed by atoms with E-state index in [2.05, 4.69) is 0 Å². The van der Waals surface area contributed by atoms with Crippen LogP contribution in [0.1, 0.15) is 25.3 Å². The molecule has 0 saturated heterocycles. The van der Waals surface area contributed by atoms with Crippen LogP contribution in [-0.4, -0.2) is 18.7 Å². The molecule has 1 aliphatic rings. The third-order valence-corrected chi connectivity index (χ3v) is 3.05. The van der Waals surface area contributed by atoms with Crippen LogP contribution in [0.3, 0.4) is 0 Å². The molecule has 0 N–H and O–H groups in total. The first-order valence-corrected chi connectivity index (χ1v) is 5.57. The van der Waals surface area contributed by atoms with Crippen LogP contribution in [-0.2, 0) is 14.3 Å². The smallest absolute Gasteiger partial charge is 0.337 e. The zero-order valence-corrected chi connectivity index (χ0v) is 10.3. The highest BCUT2D eigenvalue weighted by Gasteiger charge is 2.43. The van der Waals surface area contributed by atoms with Crippen molar-refractivity contribution in [1.82, 2.24) is 0 Å². The van der Waals surface area contributed by atoms with Gasteiger partial charge in [-0.2, -0.15) is 0 Å². The van der Waals surface area contributed by atoms with E-state index in [9.17, 15) is 4.79 Å². The summed E-state index contributed by atoms with van der Waals surface area (Å²) < 4.78 is 10.4. The van der Waals surface area contributed by atoms with E-state index < -0.39 is 5.60 Å². The molecule has 90 valence electrons. The summed E-state index contributed by atoms with van der Waals surface area (Å²) in [6.07, 6.45) is 1.52. The number of hydrogen-bond acceptors (Lipinski definition) is 3. The molecule has 2 rings (SSSR count). The molecule has 0 bridgehead atoms. The summed E-state index contributed by atoms with van der Waals surface area (Å²) >= 11 is 0. The largest absolute Gasteiger partial charge is 0.494 e. The van der Waals surface area contributed by atoms with Gasteiger partial charge >= 0.3 is 5.97 Å². The van der Waals surface area contributed by atoms with E-state index in [1.165, 1.54) is 13.4 Å². The lowest BCUT2D eigenvalue weighted by atomic mass is 9.81. The zero-order valence-electron chi connectivity index (χ0n) is 10.3. The van der Waals surface area contributed by atoms with E-state index >= 15 is 0 Å². The maximum Gasteiger partial charge on any atom is 0.337 e. The molecule has 3 heteroatoms. The monoisotopic (exact) mass is 232 g/mol. The molecule has 3 nitrogen and oxygen atoms in total. The summed E-state index contributed by atoms with van der Waals surface area (Å²) in [7, 11) is 1.39. The van der Waals surface area contributed by atoms with Gasteiger partial charge in [-0.1, -0.05) is 30.3 Å². The first-order valence-electron chi connectivity index (χ1n) is 5.57. The van der Waals surface area contributed by atoms with Crippen molar-refractivity contribution in [3.05, 3.63) is 47.7 Å². The minimum atomic E-state index is -0.426. The van der Waals surface area contributed by atoms with Crippen LogP contribution in [0.15, 0.2) is 42.2 Å². The molecular weight excluding hydrogens is 216 g/mol. The van der Waals surface area contributed by atoms with E-state index in [0.717, 1.165) is 5.56 Å². The number of rotatable bonds is 2. The van der Waals surface area contributed by atoms with Crippen molar-refractivity contribution < 1.29 is 14.3 Å². The van der Waals surface area contributed by atoms with Crippen LogP contribution in [0.4, 0.5) is 0 Å². The second-order valence-corrected chi connectivity index (χ2v) is 4.63. The number of methoxy groups -OCH3 is 1. The molecular formula is C14H16O3. The molecule has 0 saturated carbocycles. The number of esters is 1. The van der Waals surface area contributed by atoms with E-state index in [0.29, 0.717) is 5.57 Å². The first-order chi connectivity index (χ1) is 8.06. The predicted molar refractivity (Wildman–Crippen MR) is 64.4 cm³/mol. The molecule has 17 heavy (non-hydrogen) atoms. The van der Waals surface area contributed by atoms with Crippen LogP contribution >= 0.6 is 0 Å². The molecule has 0 aromatic heterocycles. The third-order valence-electron chi connectivity index (χ3n) is 3.05. The van der Waals surface area contributed by atoms with E-state index in [4.69, 9.17) is 9.47 Å². The SMILES string of the molecule is COC(=O)C1=COC(C)(C)C1c1ccccc1. The van der Waals surface area contributed by atoms with Crippen LogP contribution in [0.2, 0.25) is 0 Å². The maximum absolute atomic E-state index is 11.7. The van der Waals surface area contributed by atoms with Gasteiger partial charge in [0.25, 0.3) is 0 Å². The van der Waals surface area contributed by atoms with Gasteiger partial charge in [0, 0.05) is 0 Å². The van der Waals surface area contributed by atoms with Gasteiger partial charge in [-0.15, -0.1) is 0 Å². The topological polar surface area (TPSA) is 35.5 Å². The number of carbonyl (C=O) groups excluding carboxylic acids is 1. The average molecular weight is 232 g/mol. The summed E-state index contributed by atoms with van der Waals surface area (Å²) in [5.74, 6) is -0.416. The Bertz CT molecular complexity index is 446. The minimum Gasteiger partial charge on any atom is -0.494 e. The molecule has 1 aromatic rings. The third kappa shape index (κ3) is 2.05. The fourth-order valence-corrected chi connectivity index (χ4v) is 2.24. The molecule has 0 amide bonds. The Hall–Kier alpha value is -1.77. The first kappa shape index (κ1) is 11.7. The molecule has 1 aromatic carbocycles. The fourth-order valence-electron chi connectivity index (χ4n) is 2.24. The predicted octanol–water partition coefficient (Wildman–Crippen LogP) is 2.64. The summed E-state index contributed by atoms with van der Waals surface area (Å²) in [6.45, 7) is 3.94. The van der Waals surface area contributed by atoms with Crippen molar-refractivity contribution >= 4 is 5.97 Å². The van der Waals surface area contributed by atoms with Crippen molar-refractivity contribution in [1.29, 1.82) is 0 Å². The molecule has 0 aliphatic carbocycles. The summed E-state index contributed by atoms with van der Waals surface area (Å²) in [4.78, 5) is 11.7. The number of ether oxygens (including phenoxy) is 2. The standard InChI is InChI=1S/C14H16O3/c1-14(2)12(10-7-5-4-6-8-10)11(9-17-14)13(15)16-3/h4-9,12H,1-3H3. The molecule has 1 aliphatic heterocycles. The van der Waals surface area contributed by atoms with Crippen molar-refractivity contribution in [2.24, 2.45) is 0 Å². The Kier molecular flexibility index (Phi) is 2.92. The van der Waals surface area contributed by atoms with Gasteiger partial charge in [-0.25, -0.2) is 4.79 Å². The van der Waals surface area contributed by atoms with Gasteiger partial charge in [-0.3, -0.25) is 0 Å². The van der Waals surface area contributed by atoms with Crippen LogP contribution < -0.4 is 0 Å². The molecule has 0 radical (unpaired) electrons. The number of hydrogen-bond donors (Lipinski definition) is 0. The van der Waals surface area contributed by atoms with Crippen LogP contribution in [0.5, 0.6) is 0 Å². The van der Waals surface area contributed by atoms with Gasteiger partial charge in [0.1, 0.15) is 5.60 Å². The highest BCUT2D eigenvalue weighted by atomic mass is 16.5. The van der Waals surface area contributed by atoms with Crippen molar-refractivity contribution in [3.63, 3.8) is 0 Å².